The first-order valence-electron chi connectivity index (χ1n) is 9.03. The molecule has 6 heteroatoms. The van der Waals surface area contributed by atoms with Crippen molar-refractivity contribution in [3.8, 4) is 0 Å². The van der Waals surface area contributed by atoms with E-state index in [-0.39, 0.29) is 17.7 Å². The fourth-order valence-corrected chi connectivity index (χ4v) is 6.64. The van der Waals surface area contributed by atoms with Gasteiger partial charge < -0.3 is 0 Å². The Labute approximate surface area is 148 Å². The van der Waals surface area contributed by atoms with Crippen LogP contribution < -0.4 is 4.72 Å². The monoisotopic (exact) mass is 365 g/mol. The minimum Gasteiger partial charge on any atom is -0.274 e. The van der Waals surface area contributed by atoms with Crippen LogP contribution in [-0.4, -0.2) is 20.6 Å². The minimum absolute atomic E-state index is 0.167. The zero-order chi connectivity index (χ0) is 17.8. The Bertz CT molecular complexity index is 759. The smallest absolute Gasteiger partial charge is 0.234 e. The first-order valence-corrected chi connectivity index (χ1v) is 10.9. The van der Waals surface area contributed by atoms with Crippen LogP contribution in [0.15, 0.2) is 24.3 Å². The summed E-state index contributed by atoms with van der Waals surface area (Å²) in [6.07, 6.45) is 6.84. The molecule has 0 saturated heterocycles. The van der Waals surface area contributed by atoms with E-state index in [0.717, 1.165) is 49.3 Å². The molecular formula is C19H24FNO3S. The van der Waals surface area contributed by atoms with Crippen LogP contribution in [0, 0.1) is 29.5 Å². The lowest BCUT2D eigenvalue weighted by atomic mass is 9.43. The highest BCUT2D eigenvalue weighted by Gasteiger charge is 2.58. The number of carbonyl (C=O) groups excluding carboxylic acids is 1. The maximum absolute atomic E-state index is 13.5. The van der Waals surface area contributed by atoms with Crippen molar-refractivity contribution >= 4 is 15.9 Å². The van der Waals surface area contributed by atoms with Gasteiger partial charge in [0.1, 0.15) is 5.82 Å². The maximum atomic E-state index is 13.5. The fourth-order valence-electron chi connectivity index (χ4n) is 6.16. The first kappa shape index (κ1) is 17.0. The molecule has 4 nitrogen and oxygen atoms in total. The molecule has 1 N–H and O–H groups in total. The molecule has 5 rings (SSSR count). The number of hydrogen-bond donors (Lipinski definition) is 1. The minimum atomic E-state index is -3.57. The topological polar surface area (TPSA) is 63.2 Å². The predicted molar refractivity (Wildman–Crippen MR) is 92.7 cm³/mol. The molecule has 0 heterocycles. The third-order valence-electron chi connectivity index (χ3n) is 6.73. The van der Waals surface area contributed by atoms with Gasteiger partial charge in [-0.2, -0.15) is 0 Å². The van der Waals surface area contributed by atoms with Crippen LogP contribution in [0.25, 0.3) is 0 Å². The van der Waals surface area contributed by atoms with Gasteiger partial charge in [0.05, 0.1) is 6.26 Å². The number of sulfonamides is 1. The van der Waals surface area contributed by atoms with Crippen molar-refractivity contribution < 1.29 is 17.6 Å². The van der Waals surface area contributed by atoms with Crippen molar-refractivity contribution in [3.63, 3.8) is 0 Å². The number of rotatable bonds is 4. The van der Waals surface area contributed by atoms with Crippen LogP contribution >= 0.6 is 0 Å². The SMILES string of the molecule is CS(=O)(=O)NC(=O)CC1(c2ccc(F)cc2)C2CC3CC(C2)CC1C3. The van der Waals surface area contributed by atoms with Crippen LogP contribution in [0.1, 0.15) is 44.1 Å². The summed E-state index contributed by atoms with van der Waals surface area (Å²) < 4.78 is 38.6. The van der Waals surface area contributed by atoms with Gasteiger partial charge in [0, 0.05) is 11.8 Å². The highest BCUT2D eigenvalue weighted by Crippen LogP contribution is 2.64. The molecule has 0 unspecified atom stereocenters. The molecule has 4 aliphatic rings. The standard InChI is InChI=1S/C19H24FNO3S/c1-25(23,24)21-18(22)11-19(14-2-4-17(20)5-3-14)15-7-12-6-13(9-15)10-16(19)8-12/h2-5,12-13,15-16H,6-11H2,1H3,(H,21,22). The van der Waals surface area contributed by atoms with Crippen LogP contribution in [0.5, 0.6) is 0 Å². The summed E-state index contributed by atoms with van der Waals surface area (Å²) in [5.41, 5.74) is 0.627. The molecule has 4 bridgehead atoms. The van der Waals surface area contributed by atoms with E-state index in [4.69, 9.17) is 0 Å². The molecular weight excluding hydrogens is 341 g/mol. The van der Waals surface area contributed by atoms with E-state index in [2.05, 4.69) is 4.72 Å². The first-order chi connectivity index (χ1) is 11.8. The summed E-state index contributed by atoms with van der Waals surface area (Å²) in [7, 11) is -3.57. The van der Waals surface area contributed by atoms with Gasteiger partial charge in [0.25, 0.3) is 0 Å². The summed E-state index contributed by atoms with van der Waals surface area (Å²) in [5.74, 6) is 1.48. The van der Waals surface area contributed by atoms with E-state index in [9.17, 15) is 17.6 Å². The van der Waals surface area contributed by atoms with Gasteiger partial charge in [-0.3, -0.25) is 9.52 Å². The lowest BCUT2D eigenvalue weighted by Crippen LogP contribution is -2.57. The molecule has 1 aromatic carbocycles. The average Bonchev–Trinajstić information content (AvgIpc) is 2.49. The largest absolute Gasteiger partial charge is 0.274 e. The second-order valence-corrected chi connectivity index (χ2v) is 10.1. The highest BCUT2D eigenvalue weighted by atomic mass is 32.2. The maximum Gasteiger partial charge on any atom is 0.234 e. The van der Waals surface area contributed by atoms with Gasteiger partial charge in [0.2, 0.25) is 15.9 Å². The molecule has 4 aliphatic carbocycles. The molecule has 1 aromatic rings. The van der Waals surface area contributed by atoms with E-state index in [0.29, 0.717) is 11.8 Å². The van der Waals surface area contributed by atoms with Crippen molar-refractivity contribution in [2.24, 2.45) is 23.7 Å². The molecule has 1 amide bonds. The molecule has 4 saturated carbocycles. The van der Waals surface area contributed by atoms with Gasteiger partial charge in [-0.15, -0.1) is 0 Å². The molecule has 0 spiro atoms. The number of hydrogen-bond acceptors (Lipinski definition) is 3. The number of benzene rings is 1. The highest BCUT2D eigenvalue weighted by molar-refractivity contribution is 7.89. The molecule has 25 heavy (non-hydrogen) atoms. The van der Waals surface area contributed by atoms with Crippen LogP contribution in [0.3, 0.4) is 0 Å². The summed E-state index contributed by atoms with van der Waals surface area (Å²) in [6.45, 7) is 0. The molecule has 136 valence electrons. The van der Waals surface area contributed by atoms with Crippen molar-refractivity contribution in [3.05, 3.63) is 35.6 Å². The summed E-state index contributed by atoms with van der Waals surface area (Å²) in [4.78, 5) is 12.5. The lowest BCUT2D eigenvalue weighted by molar-refractivity contribution is -0.127. The number of amides is 1. The Morgan fingerprint density at radius 2 is 1.60 bits per heavy atom. The van der Waals surface area contributed by atoms with E-state index in [1.54, 1.807) is 12.1 Å². The summed E-state index contributed by atoms with van der Waals surface area (Å²) >= 11 is 0. The average molecular weight is 365 g/mol. The van der Waals surface area contributed by atoms with E-state index in [1.807, 2.05) is 0 Å². The Hall–Kier alpha value is -1.43. The number of carbonyl (C=O) groups is 1. The Kier molecular flexibility index (Phi) is 3.94. The lowest BCUT2D eigenvalue weighted by Gasteiger charge is -2.61. The molecule has 0 radical (unpaired) electrons. The molecule has 0 aromatic heterocycles. The van der Waals surface area contributed by atoms with Crippen LogP contribution in [-0.2, 0) is 20.2 Å². The number of nitrogens with one attached hydrogen (secondary N) is 1. The fraction of sp³-hybridized carbons (Fsp3) is 0.632. The van der Waals surface area contributed by atoms with E-state index < -0.39 is 15.9 Å². The van der Waals surface area contributed by atoms with Crippen molar-refractivity contribution in [2.45, 2.75) is 43.9 Å². The summed E-state index contributed by atoms with van der Waals surface area (Å²) in [6, 6.07) is 6.50. The zero-order valence-electron chi connectivity index (χ0n) is 14.4. The van der Waals surface area contributed by atoms with E-state index in [1.165, 1.54) is 18.6 Å². The Morgan fingerprint density at radius 1 is 1.08 bits per heavy atom. The van der Waals surface area contributed by atoms with E-state index >= 15 is 0 Å². The second kappa shape index (κ2) is 5.79. The van der Waals surface area contributed by atoms with Gasteiger partial charge in [-0.1, -0.05) is 12.1 Å². The molecule has 4 fully saturated rings. The van der Waals surface area contributed by atoms with Gasteiger partial charge in [0.15, 0.2) is 0 Å². The van der Waals surface area contributed by atoms with Crippen molar-refractivity contribution in [2.75, 3.05) is 6.26 Å². The summed E-state index contributed by atoms with van der Waals surface area (Å²) in [5, 5.41) is 0. The third kappa shape index (κ3) is 2.98. The number of halogens is 1. The van der Waals surface area contributed by atoms with Crippen LogP contribution in [0.4, 0.5) is 4.39 Å². The predicted octanol–water partition coefficient (Wildman–Crippen LogP) is 2.99. The van der Waals surface area contributed by atoms with Gasteiger partial charge >= 0.3 is 0 Å². The second-order valence-electron chi connectivity index (χ2n) is 8.33. The Balaban J connectivity index is 1.74. The van der Waals surface area contributed by atoms with Crippen LogP contribution in [0.2, 0.25) is 0 Å². The zero-order valence-corrected chi connectivity index (χ0v) is 15.2. The normalized spacial score (nSPS) is 36.4. The Morgan fingerprint density at radius 3 is 2.08 bits per heavy atom. The van der Waals surface area contributed by atoms with Gasteiger partial charge in [-0.05, 0) is 73.5 Å². The molecule has 0 aliphatic heterocycles. The van der Waals surface area contributed by atoms with Crippen molar-refractivity contribution in [1.82, 2.24) is 4.72 Å². The molecule has 0 atom stereocenters. The quantitative estimate of drug-likeness (QED) is 0.892. The van der Waals surface area contributed by atoms with Crippen molar-refractivity contribution in [1.29, 1.82) is 0 Å². The van der Waals surface area contributed by atoms with Gasteiger partial charge in [-0.25, -0.2) is 12.8 Å². The third-order valence-corrected chi connectivity index (χ3v) is 7.33.